The van der Waals surface area contributed by atoms with Crippen molar-refractivity contribution < 1.29 is 4.52 Å². The van der Waals surface area contributed by atoms with Gasteiger partial charge in [-0.2, -0.15) is 4.98 Å². The van der Waals surface area contributed by atoms with Crippen LogP contribution in [0.15, 0.2) is 47.0 Å². The molecule has 0 radical (unpaired) electrons. The molecule has 0 amide bonds. The zero-order valence-electron chi connectivity index (χ0n) is 9.28. The summed E-state index contributed by atoms with van der Waals surface area (Å²) in [7, 11) is 0. The molecule has 0 saturated heterocycles. The Morgan fingerprint density at radius 3 is 2.71 bits per heavy atom. The third-order valence-corrected chi connectivity index (χ3v) is 2.91. The van der Waals surface area contributed by atoms with Gasteiger partial charge in [-0.05, 0) is 6.42 Å². The second-order valence-electron chi connectivity index (χ2n) is 4.21. The minimum atomic E-state index is 0.104. The van der Waals surface area contributed by atoms with Gasteiger partial charge in [0, 0.05) is 11.6 Å². The number of aromatic nitrogens is 2. The van der Waals surface area contributed by atoms with Crippen molar-refractivity contribution in [3.63, 3.8) is 0 Å². The Morgan fingerprint density at radius 2 is 2.00 bits per heavy atom. The standard InChI is InChI=1S/C13H13N3O/c14-11-7-6-10(8-11)13-15-12(16-17-13)9-4-2-1-3-5-9/h1-7,10-11H,8,14H2. The van der Waals surface area contributed by atoms with E-state index in [0.29, 0.717) is 11.7 Å². The van der Waals surface area contributed by atoms with Crippen LogP contribution in [-0.2, 0) is 0 Å². The molecule has 0 spiro atoms. The molecule has 0 bridgehead atoms. The Kier molecular flexibility index (Phi) is 2.49. The third kappa shape index (κ3) is 1.99. The zero-order chi connectivity index (χ0) is 11.7. The third-order valence-electron chi connectivity index (χ3n) is 2.91. The minimum Gasteiger partial charge on any atom is -0.338 e. The molecule has 86 valence electrons. The molecule has 1 aliphatic rings. The first-order valence-corrected chi connectivity index (χ1v) is 5.66. The van der Waals surface area contributed by atoms with Gasteiger partial charge in [-0.25, -0.2) is 0 Å². The Balaban J connectivity index is 1.86. The maximum atomic E-state index is 5.80. The molecule has 2 atom stereocenters. The van der Waals surface area contributed by atoms with Gasteiger partial charge in [0.15, 0.2) is 0 Å². The summed E-state index contributed by atoms with van der Waals surface area (Å²) < 4.78 is 5.28. The molecule has 1 aromatic heterocycles. The van der Waals surface area contributed by atoms with E-state index in [0.717, 1.165) is 12.0 Å². The number of benzene rings is 1. The van der Waals surface area contributed by atoms with E-state index in [-0.39, 0.29) is 12.0 Å². The molecule has 4 nitrogen and oxygen atoms in total. The van der Waals surface area contributed by atoms with Crippen molar-refractivity contribution in [2.24, 2.45) is 5.73 Å². The molecule has 1 heterocycles. The summed E-state index contributed by atoms with van der Waals surface area (Å²) in [5, 5.41) is 4.00. The highest BCUT2D eigenvalue weighted by atomic mass is 16.5. The van der Waals surface area contributed by atoms with Gasteiger partial charge in [-0.1, -0.05) is 47.6 Å². The zero-order valence-corrected chi connectivity index (χ0v) is 9.28. The first-order chi connectivity index (χ1) is 8.33. The lowest BCUT2D eigenvalue weighted by atomic mass is 10.1. The Hall–Kier alpha value is -1.94. The molecule has 4 heteroatoms. The molecule has 2 aromatic rings. The molecular formula is C13H13N3O. The van der Waals surface area contributed by atoms with E-state index in [4.69, 9.17) is 10.3 Å². The van der Waals surface area contributed by atoms with E-state index >= 15 is 0 Å². The minimum absolute atomic E-state index is 0.104. The Morgan fingerprint density at radius 1 is 1.18 bits per heavy atom. The molecule has 0 fully saturated rings. The van der Waals surface area contributed by atoms with Gasteiger partial charge in [0.1, 0.15) is 0 Å². The van der Waals surface area contributed by atoms with Crippen molar-refractivity contribution in [2.75, 3.05) is 0 Å². The van der Waals surface area contributed by atoms with Crippen LogP contribution in [0.5, 0.6) is 0 Å². The molecule has 1 aromatic carbocycles. The maximum absolute atomic E-state index is 5.80. The van der Waals surface area contributed by atoms with Gasteiger partial charge < -0.3 is 10.3 Å². The van der Waals surface area contributed by atoms with Crippen LogP contribution in [0.2, 0.25) is 0 Å². The molecule has 2 unspecified atom stereocenters. The number of allylic oxidation sites excluding steroid dienone is 1. The van der Waals surface area contributed by atoms with Crippen LogP contribution in [0.3, 0.4) is 0 Å². The average molecular weight is 227 g/mol. The van der Waals surface area contributed by atoms with E-state index in [1.807, 2.05) is 42.5 Å². The number of nitrogens with two attached hydrogens (primary N) is 1. The maximum Gasteiger partial charge on any atom is 0.233 e. The number of rotatable bonds is 2. The smallest absolute Gasteiger partial charge is 0.233 e. The van der Waals surface area contributed by atoms with Crippen molar-refractivity contribution in [1.29, 1.82) is 0 Å². The predicted molar refractivity (Wildman–Crippen MR) is 64.2 cm³/mol. The van der Waals surface area contributed by atoms with Crippen molar-refractivity contribution in [3.05, 3.63) is 48.4 Å². The average Bonchev–Trinajstić information content (AvgIpc) is 2.98. The van der Waals surface area contributed by atoms with Crippen LogP contribution in [0.4, 0.5) is 0 Å². The summed E-state index contributed by atoms with van der Waals surface area (Å²) in [4.78, 5) is 4.41. The van der Waals surface area contributed by atoms with E-state index < -0.39 is 0 Å². The molecule has 2 N–H and O–H groups in total. The summed E-state index contributed by atoms with van der Waals surface area (Å²) in [5.74, 6) is 1.44. The fourth-order valence-corrected chi connectivity index (χ4v) is 2.00. The molecule has 0 saturated carbocycles. The summed E-state index contributed by atoms with van der Waals surface area (Å²) >= 11 is 0. The van der Waals surface area contributed by atoms with Crippen LogP contribution in [0, 0.1) is 0 Å². The second-order valence-corrected chi connectivity index (χ2v) is 4.21. The lowest BCUT2D eigenvalue weighted by molar-refractivity contribution is 0.365. The van der Waals surface area contributed by atoms with Gasteiger partial charge in [0.2, 0.25) is 11.7 Å². The first-order valence-electron chi connectivity index (χ1n) is 5.66. The van der Waals surface area contributed by atoms with Crippen LogP contribution < -0.4 is 5.73 Å². The Labute approximate surface area is 99.1 Å². The van der Waals surface area contributed by atoms with Gasteiger partial charge in [-0.3, -0.25) is 0 Å². The van der Waals surface area contributed by atoms with Gasteiger partial charge in [-0.15, -0.1) is 0 Å². The monoisotopic (exact) mass is 227 g/mol. The van der Waals surface area contributed by atoms with Crippen molar-refractivity contribution in [2.45, 2.75) is 18.4 Å². The van der Waals surface area contributed by atoms with Crippen LogP contribution in [0.1, 0.15) is 18.2 Å². The van der Waals surface area contributed by atoms with Crippen molar-refractivity contribution >= 4 is 0 Å². The van der Waals surface area contributed by atoms with Crippen molar-refractivity contribution in [1.82, 2.24) is 10.1 Å². The van der Waals surface area contributed by atoms with Crippen LogP contribution in [0.25, 0.3) is 11.4 Å². The lowest BCUT2D eigenvalue weighted by Gasteiger charge is -2.01. The predicted octanol–water partition coefficient (Wildman–Crippen LogP) is 2.11. The van der Waals surface area contributed by atoms with E-state index in [1.54, 1.807) is 0 Å². The largest absolute Gasteiger partial charge is 0.338 e. The summed E-state index contributed by atoms with van der Waals surface area (Å²) in [6.45, 7) is 0. The lowest BCUT2D eigenvalue weighted by Crippen LogP contribution is -2.14. The normalized spacial score (nSPS) is 23.1. The topological polar surface area (TPSA) is 64.9 Å². The molecule has 1 aliphatic carbocycles. The van der Waals surface area contributed by atoms with E-state index in [2.05, 4.69) is 10.1 Å². The highest BCUT2D eigenvalue weighted by molar-refractivity contribution is 5.53. The number of hydrogen-bond acceptors (Lipinski definition) is 4. The van der Waals surface area contributed by atoms with Crippen LogP contribution in [-0.4, -0.2) is 16.2 Å². The number of hydrogen-bond donors (Lipinski definition) is 1. The van der Waals surface area contributed by atoms with Crippen molar-refractivity contribution in [3.8, 4) is 11.4 Å². The summed E-state index contributed by atoms with van der Waals surface area (Å²) in [6.07, 6.45) is 4.86. The highest BCUT2D eigenvalue weighted by Crippen LogP contribution is 2.28. The van der Waals surface area contributed by atoms with E-state index in [1.165, 1.54) is 0 Å². The Bertz CT molecular complexity index is 533. The summed E-state index contributed by atoms with van der Waals surface area (Å²) in [6, 6.07) is 9.90. The fourth-order valence-electron chi connectivity index (χ4n) is 2.00. The van der Waals surface area contributed by atoms with Crippen LogP contribution >= 0.6 is 0 Å². The first kappa shape index (κ1) is 10.2. The fraction of sp³-hybridized carbons (Fsp3) is 0.231. The molecule has 17 heavy (non-hydrogen) atoms. The number of nitrogens with zero attached hydrogens (tertiary/aromatic N) is 2. The quantitative estimate of drug-likeness (QED) is 0.798. The molecular weight excluding hydrogens is 214 g/mol. The second kappa shape index (κ2) is 4.14. The van der Waals surface area contributed by atoms with Gasteiger partial charge in [0.25, 0.3) is 0 Å². The van der Waals surface area contributed by atoms with E-state index in [9.17, 15) is 0 Å². The summed E-state index contributed by atoms with van der Waals surface area (Å²) in [5.41, 5.74) is 6.77. The molecule has 3 rings (SSSR count). The van der Waals surface area contributed by atoms with Gasteiger partial charge >= 0.3 is 0 Å². The molecule has 0 aliphatic heterocycles. The highest BCUT2D eigenvalue weighted by Gasteiger charge is 2.23. The SMILES string of the molecule is NC1C=CC(c2nc(-c3ccccc3)no2)C1. The van der Waals surface area contributed by atoms with Gasteiger partial charge in [0.05, 0.1) is 5.92 Å².